The molecule has 2 aromatic rings. The average molecular weight is 288 g/mol. The molecule has 2 rings (SSSR count). The zero-order chi connectivity index (χ0) is 15.2. The van der Waals surface area contributed by atoms with E-state index in [-0.39, 0.29) is 18.8 Å². The first-order chi connectivity index (χ1) is 10.1. The van der Waals surface area contributed by atoms with Crippen LogP contribution in [0.3, 0.4) is 0 Å². The van der Waals surface area contributed by atoms with E-state index in [1.165, 1.54) is 13.2 Å². The molecule has 0 amide bonds. The number of rotatable bonds is 6. The van der Waals surface area contributed by atoms with Gasteiger partial charge in [0.1, 0.15) is 23.7 Å². The van der Waals surface area contributed by atoms with Gasteiger partial charge < -0.3 is 19.7 Å². The first kappa shape index (κ1) is 14.9. The highest BCUT2D eigenvalue weighted by atomic mass is 16.5. The van der Waals surface area contributed by atoms with Crippen molar-refractivity contribution in [3.05, 3.63) is 59.2 Å². The molecule has 0 radical (unpaired) electrons. The van der Waals surface area contributed by atoms with E-state index in [2.05, 4.69) is 0 Å². The molecule has 0 aliphatic heterocycles. The maximum atomic E-state index is 11.0. The van der Waals surface area contributed by atoms with Gasteiger partial charge in [-0.3, -0.25) is 0 Å². The third-order valence-electron chi connectivity index (χ3n) is 2.98. The normalized spacial score (nSPS) is 10.2. The first-order valence-electron chi connectivity index (χ1n) is 6.37. The molecule has 0 atom stereocenters. The van der Waals surface area contributed by atoms with E-state index < -0.39 is 5.97 Å². The minimum atomic E-state index is -1.03. The van der Waals surface area contributed by atoms with Crippen molar-refractivity contribution < 1.29 is 24.5 Å². The molecule has 0 aromatic heterocycles. The number of carbonyl (C=O) groups is 1. The molecule has 0 aliphatic carbocycles. The summed E-state index contributed by atoms with van der Waals surface area (Å²) < 4.78 is 10.7. The predicted molar refractivity (Wildman–Crippen MR) is 76.7 cm³/mol. The highest BCUT2D eigenvalue weighted by Crippen LogP contribution is 2.22. The zero-order valence-corrected chi connectivity index (χ0v) is 11.6. The van der Waals surface area contributed by atoms with Gasteiger partial charge in [0.25, 0.3) is 0 Å². The molecule has 2 aromatic carbocycles. The molecule has 0 saturated carbocycles. The Labute approximate surface area is 122 Å². The van der Waals surface area contributed by atoms with Crippen molar-refractivity contribution in [2.24, 2.45) is 0 Å². The molecule has 0 spiro atoms. The van der Waals surface area contributed by atoms with Crippen LogP contribution in [-0.2, 0) is 13.2 Å². The Morgan fingerprint density at radius 1 is 1.14 bits per heavy atom. The summed E-state index contributed by atoms with van der Waals surface area (Å²) >= 11 is 0. The van der Waals surface area contributed by atoms with Crippen molar-refractivity contribution in [2.75, 3.05) is 7.11 Å². The van der Waals surface area contributed by atoms with Crippen LogP contribution in [0.1, 0.15) is 21.5 Å². The second kappa shape index (κ2) is 6.76. The van der Waals surface area contributed by atoms with Crippen LogP contribution in [0.15, 0.2) is 42.5 Å². The number of ether oxygens (including phenoxy) is 2. The first-order valence-corrected chi connectivity index (χ1v) is 6.37. The van der Waals surface area contributed by atoms with Gasteiger partial charge in [0, 0.05) is 0 Å². The van der Waals surface area contributed by atoms with E-state index in [1.54, 1.807) is 36.4 Å². The molecule has 0 saturated heterocycles. The SMILES string of the molecule is COc1cc(COc2cccc(CO)c2)ccc1C(=O)O. The fourth-order valence-electron chi connectivity index (χ4n) is 1.90. The Morgan fingerprint density at radius 2 is 1.95 bits per heavy atom. The molecule has 21 heavy (non-hydrogen) atoms. The topological polar surface area (TPSA) is 76.0 Å². The van der Waals surface area contributed by atoms with Crippen LogP contribution in [0.2, 0.25) is 0 Å². The zero-order valence-electron chi connectivity index (χ0n) is 11.6. The van der Waals surface area contributed by atoms with E-state index in [9.17, 15) is 4.79 Å². The predicted octanol–water partition coefficient (Wildman–Crippen LogP) is 2.46. The third-order valence-corrected chi connectivity index (χ3v) is 2.98. The van der Waals surface area contributed by atoms with Crippen molar-refractivity contribution in [3.8, 4) is 11.5 Å². The highest BCUT2D eigenvalue weighted by molar-refractivity contribution is 5.90. The largest absolute Gasteiger partial charge is 0.496 e. The Morgan fingerprint density at radius 3 is 2.62 bits per heavy atom. The number of carboxylic acid groups (broad SMARTS) is 1. The van der Waals surface area contributed by atoms with Crippen molar-refractivity contribution in [1.82, 2.24) is 0 Å². The van der Waals surface area contributed by atoms with E-state index in [0.717, 1.165) is 11.1 Å². The van der Waals surface area contributed by atoms with Crippen LogP contribution in [-0.4, -0.2) is 23.3 Å². The molecule has 5 heteroatoms. The van der Waals surface area contributed by atoms with Crippen molar-refractivity contribution in [1.29, 1.82) is 0 Å². The van der Waals surface area contributed by atoms with Crippen molar-refractivity contribution in [3.63, 3.8) is 0 Å². The van der Waals surface area contributed by atoms with Crippen molar-refractivity contribution >= 4 is 5.97 Å². The van der Waals surface area contributed by atoms with Gasteiger partial charge in [0.05, 0.1) is 13.7 Å². The number of hydrogen-bond acceptors (Lipinski definition) is 4. The Kier molecular flexibility index (Phi) is 4.79. The number of hydrogen-bond donors (Lipinski definition) is 2. The summed E-state index contributed by atoms with van der Waals surface area (Å²) in [7, 11) is 1.43. The van der Waals surface area contributed by atoms with Crippen LogP contribution < -0.4 is 9.47 Å². The summed E-state index contributed by atoms with van der Waals surface area (Å²) in [5.74, 6) is -0.0921. The minimum absolute atomic E-state index is 0.0433. The van der Waals surface area contributed by atoms with Crippen LogP contribution >= 0.6 is 0 Å². The average Bonchev–Trinajstić information content (AvgIpc) is 2.52. The summed E-state index contributed by atoms with van der Waals surface area (Å²) in [6.07, 6.45) is 0. The summed E-state index contributed by atoms with van der Waals surface area (Å²) in [4.78, 5) is 11.0. The maximum absolute atomic E-state index is 11.0. The van der Waals surface area contributed by atoms with Gasteiger partial charge in [-0.1, -0.05) is 18.2 Å². The van der Waals surface area contributed by atoms with Gasteiger partial charge in [-0.25, -0.2) is 4.79 Å². The van der Waals surface area contributed by atoms with Gasteiger partial charge in [-0.15, -0.1) is 0 Å². The standard InChI is InChI=1S/C16H16O5/c1-20-15-8-12(5-6-14(15)16(18)19)10-21-13-4-2-3-11(7-13)9-17/h2-8,17H,9-10H2,1H3,(H,18,19). The molecule has 0 aliphatic rings. The van der Waals surface area contributed by atoms with Gasteiger partial charge in [-0.2, -0.15) is 0 Å². The molecule has 0 heterocycles. The van der Waals surface area contributed by atoms with Crippen LogP contribution in [0.25, 0.3) is 0 Å². The number of benzene rings is 2. The van der Waals surface area contributed by atoms with Gasteiger partial charge in [0.2, 0.25) is 0 Å². The Balaban J connectivity index is 2.11. The summed E-state index contributed by atoms with van der Waals surface area (Å²) in [5, 5.41) is 18.1. The second-order valence-electron chi connectivity index (χ2n) is 4.43. The molecule has 0 unspecified atom stereocenters. The Hall–Kier alpha value is -2.53. The lowest BCUT2D eigenvalue weighted by molar-refractivity contribution is 0.0693. The smallest absolute Gasteiger partial charge is 0.339 e. The Bertz CT molecular complexity index is 636. The van der Waals surface area contributed by atoms with Crippen molar-refractivity contribution in [2.45, 2.75) is 13.2 Å². The summed E-state index contributed by atoms with van der Waals surface area (Å²) in [6.45, 7) is 0.240. The summed E-state index contributed by atoms with van der Waals surface area (Å²) in [5.41, 5.74) is 1.68. The lowest BCUT2D eigenvalue weighted by atomic mass is 10.1. The van der Waals surface area contributed by atoms with Crippen LogP contribution in [0, 0.1) is 0 Å². The molecule has 0 bridgehead atoms. The fraction of sp³-hybridized carbons (Fsp3) is 0.188. The molecule has 2 N–H and O–H groups in total. The van der Waals surface area contributed by atoms with Gasteiger partial charge >= 0.3 is 5.97 Å². The number of carboxylic acids is 1. The molecular formula is C16H16O5. The van der Waals surface area contributed by atoms with Crippen LogP contribution in [0.5, 0.6) is 11.5 Å². The molecule has 5 nitrogen and oxygen atoms in total. The maximum Gasteiger partial charge on any atom is 0.339 e. The third kappa shape index (κ3) is 3.73. The number of aliphatic hydroxyl groups excluding tert-OH is 1. The van der Waals surface area contributed by atoms with E-state index in [1.807, 2.05) is 0 Å². The van der Waals surface area contributed by atoms with E-state index >= 15 is 0 Å². The summed E-state index contributed by atoms with van der Waals surface area (Å²) in [6, 6.07) is 12.0. The lowest BCUT2D eigenvalue weighted by Crippen LogP contribution is -2.03. The van der Waals surface area contributed by atoms with Gasteiger partial charge in [-0.05, 0) is 35.4 Å². The number of methoxy groups -OCH3 is 1. The number of aliphatic hydroxyl groups is 1. The lowest BCUT2D eigenvalue weighted by Gasteiger charge is -2.10. The van der Waals surface area contributed by atoms with E-state index in [0.29, 0.717) is 11.5 Å². The van der Waals surface area contributed by atoms with Gasteiger partial charge in [0.15, 0.2) is 0 Å². The van der Waals surface area contributed by atoms with Crippen LogP contribution in [0.4, 0.5) is 0 Å². The molecular weight excluding hydrogens is 272 g/mol. The quantitative estimate of drug-likeness (QED) is 0.854. The monoisotopic (exact) mass is 288 g/mol. The highest BCUT2D eigenvalue weighted by Gasteiger charge is 2.11. The van der Waals surface area contributed by atoms with E-state index in [4.69, 9.17) is 19.7 Å². The molecule has 0 fully saturated rings. The molecule has 110 valence electrons. The fourth-order valence-corrected chi connectivity index (χ4v) is 1.90. The minimum Gasteiger partial charge on any atom is -0.496 e. The number of aromatic carboxylic acids is 1. The second-order valence-corrected chi connectivity index (χ2v) is 4.43.